The van der Waals surface area contributed by atoms with Crippen molar-refractivity contribution in [3.8, 4) is 0 Å². The topological polar surface area (TPSA) is 33.1 Å². The van der Waals surface area contributed by atoms with Gasteiger partial charge in [-0.05, 0) is 11.5 Å². The van der Waals surface area contributed by atoms with Crippen LogP contribution in [0.15, 0.2) is 60.2 Å². The minimum absolute atomic E-state index is 0. The van der Waals surface area contributed by atoms with Gasteiger partial charge in [-0.15, -0.1) is 0 Å². The maximum atomic E-state index is 9.79. The van der Waals surface area contributed by atoms with E-state index in [9.17, 15) is 5.11 Å². The minimum Gasteiger partial charge on any atom is -0.505 e. The number of allylic oxidation sites excluding steroid dienone is 5. The first-order valence-electron chi connectivity index (χ1n) is 5.46. The second-order valence-corrected chi connectivity index (χ2v) is 5.36. The van der Waals surface area contributed by atoms with Gasteiger partial charge >= 0.3 is 0 Å². The van der Waals surface area contributed by atoms with Gasteiger partial charge in [-0.3, -0.25) is 0 Å². The molecule has 0 saturated carbocycles. The van der Waals surface area contributed by atoms with E-state index in [1.165, 1.54) is 0 Å². The van der Waals surface area contributed by atoms with E-state index in [0.717, 1.165) is 11.5 Å². The van der Waals surface area contributed by atoms with Crippen molar-refractivity contribution in [3.05, 3.63) is 75.3 Å². The van der Waals surface area contributed by atoms with E-state index in [-0.39, 0.29) is 22.8 Å². The van der Waals surface area contributed by atoms with E-state index in [4.69, 9.17) is 23.2 Å². The Morgan fingerprint density at radius 2 is 1.75 bits per heavy atom. The summed E-state index contributed by atoms with van der Waals surface area (Å²) in [6.45, 7) is 0. The van der Waals surface area contributed by atoms with E-state index in [0.29, 0.717) is 20.6 Å². The third kappa shape index (κ3) is 4.30. The molecule has 0 spiro atoms. The Morgan fingerprint density at radius 3 is 2.15 bits per heavy atom. The van der Waals surface area contributed by atoms with Gasteiger partial charge < -0.3 is 5.11 Å². The Bertz CT molecular complexity index is 598. The Kier molecular flexibility index (Phi) is 7.20. The summed E-state index contributed by atoms with van der Waals surface area (Å²) in [5.41, 5.74) is 1.03. The van der Waals surface area contributed by atoms with Gasteiger partial charge in [-0.1, -0.05) is 47.5 Å². The molecule has 0 amide bonds. The average Bonchev–Trinajstić information content (AvgIpc) is 3.14. The number of hydrogen-bond acceptors (Lipinski definition) is 3. The Labute approximate surface area is 142 Å². The normalized spacial score (nSPS) is 11.8. The molecule has 0 atom stereocenters. The van der Waals surface area contributed by atoms with E-state index < -0.39 is 0 Å². The summed E-state index contributed by atoms with van der Waals surface area (Å²) >= 11 is 12.6. The molecule has 1 aliphatic carbocycles. The maximum Gasteiger partial charge on any atom is 0.151 e. The molecule has 0 bridgehead atoms. The van der Waals surface area contributed by atoms with Crippen molar-refractivity contribution < 1.29 is 22.2 Å². The zero-order valence-electron chi connectivity index (χ0n) is 10.1. The van der Waals surface area contributed by atoms with E-state index in [2.05, 4.69) is 4.37 Å². The van der Waals surface area contributed by atoms with Crippen molar-refractivity contribution >= 4 is 40.5 Å². The first kappa shape index (κ1) is 17.2. The average molecular weight is 367 g/mol. The summed E-state index contributed by atoms with van der Waals surface area (Å²) < 4.78 is 4.35. The van der Waals surface area contributed by atoms with Gasteiger partial charge in [-0.25, -0.2) is 12.1 Å². The minimum atomic E-state index is 0. The summed E-state index contributed by atoms with van der Waals surface area (Å²) in [7, 11) is 0. The molecule has 0 fully saturated rings. The SMILES string of the molecule is OC(=C1C=CC=C1)c1nsc(Cl)c1Cl.[Fe].c1cc[cH-]c1. The zero-order chi connectivity index (χ0) is 13.7. The number of aliphatic hydroxyl groups excluding tert-OH is 1. The van der Waals surface area contributed by atoms with E-state index >= 15 is 0 Å². The summed E-state index contributed by atoms with van der Waals surface area (Å²) in [5.74, 6) is 0.0585. The third-order valence-electron chi connectivity index (χ3n) is 2.31. The molecule has 3 rings (SSSR count). The quantitative estimate of drug-likeness (QED) is 0.425. The van der Waals surface area contributed by atoms with Crippen molar-refractivity contribution in [3.63, 3.8) is 0 Å². The predicted molar refractivity (Wildman–Crippen MR) is 82.0 cm³/mol. The molecule has 2 nitrogen and oxygen atoms in total. The molecule has 2 aromatic rings. The van der Waals surface area contributed by atoms with Crippen LogP contribution < -0.4 is 0 Å². The molecule has 0 unspecified atom stereocenters. The maximum absolute atomic E-state index is 9.79. The summed E-state index contributed by atoms with van der Waals surface area (Å²) in [6.07, 6.45) is 7.21. The summed E-state index contributed by atoms with van der Waals surface area (Å²) in [6, 6.07) is 10.0. The van der Waals surface area contributed by atoms with Crippen LogP contribution in [0.1, 0.15) is 5.69 Å². The van der Waals surface area contributed by atoms with E-state index in [1.807, 2.05) is 42.5 Å². The van der Waals surface area contributed by atoms with Gasteiger partial charge in [0.15, 0.2) is 5.76 Å². The molecule has 1 aromatic carbocycles. The number of rotatable bonds is 1. The molecule has 0 saturated heterocycles. The molecule has 20 heavy (non-hydrogen) atoms. The molecule has 6 heteroatoms. The fraction of sp³-hybridized carbons (Fsp3) is 0. The third-order valence-corrected chi connectivity index (χ3v) is 3.92. The molecule has 1 heterocycles. The van der Waals surface area contributed by atoms with Gasteiger partial charge in [0.05, 0.1) is 0 Å². The van der Waals surface area contributed by atoms with Crippen LogP contribution in [0.25, 0.3) is 5.76 Å². The Balaban J connectivity index is 0.000000283. The van der Waals surface area contributed by atoms with Crippen molar-refractivity contribution in [2.45, 2.75) is 0 Å². The van der Waals surface area contributed by atoms with Crippen molar-refractivity contribution in [2.75, 3.05) is 0 Å². The van der Waals surface area contributed by atoms with Crippen LogP contribution in [0.3, 0.4) is 0 Å². The van der Waals surface area contributed by atoms with Gasteiger partial charge in [0, 0.05) is 22.6 Å². The smallest absolute Gasteiger partial charge is 0.151 e. The molecular formula is C14H10Cl2FeNOS-. The first-order chi connectivity index (χ1) is 9.20. The number of aliphatic hydroxyl groups is 1. The molecule has 0 aliphatic heterocycles. The monoisotopic (exact) mass is 366 g/mol. The second-order valence-electron chi connectivity index (χ2n) is 3.60. The largest absolute Gasteiger partial charge is 0.505 e. The number of halogens is 2. The molecule has 0 radical (unpaired) electrons. The Hall–Kier alpha value is -0.901. The molecule has 1 N–H and O–H groups in total. The van der Waals surface area contributed by atoms with Crippen molar-refractivity contribution in [2.24, 2.45) is 0 Å². The van der Waals surface area contributed by atoms with Gasteiger partial charge in [0.2, 0.25) is 0 Å². The Morgan fingerprint density at radius 1 is 1.15 bits per heavy atom. The second kappa shape index (κ2) is 8.40. The molecule has 106 valence electrons. The van der Waals surface area contributed by atoms with Gasteiger partial charge in [-0.2, -0.15) is 22.6 Å². The number of hydrogen-bond donors (Lipinski definition) is 1. The van der Waals surface area contributed by atoms with Gasteiger partial charge in [0.25, 0.3) is 0 Å². The molecule has 1 aliphatic rings. The fourth-order valence-corrected chi connectivity index (χ4v) is 2.40. The number of aromatic nitrogens is 1. The van der Waals surface area contributed by atoms with Crippen LogP contribution in [0.4, 0.5) is 0 Å². The fourth-order valence-electron chi connectivity index (χ4n) is 1.40. The van der Waals surface area contributed by atoms with Crippen LogP contribution in [-0.4, -0.2) is 9.48 Å². The standard InChI is InChI=1S/C9H5Cl2NOS.C5H5.Fe/c10-6-7(12-14-9(6)11)8(13)5-3-1-2-4-5;1-2-4-5-3-1;/h1-4,13H;1-5H;/q;-1;. The molecule has 1 aromatic heterocycles. The summed E-state index contributed by atoms with van der Waals surface area (Å²) in [4.78, 5) is 0. The van der Waals surface area contributed by atoms with Gasteiger partial charge in [0.1, 0.15) is 15.1 Å². The van der Waals surface area contributed by atoms with E-state index in [1.54, 1.807) is 12.2 Å². The van der Waals surface area contributed by atoms with Crippen molar-refractivity contribution in [1.82, 2.24) is 4.37 Å². The van der Waals surface area contributed by atoms with Crippen LogP contribution in [0.5, 0.6) is 0 Å². The van der Waals surface area contributed by atoms with Crippen molar-refractivity contribution in [1.29, 1.82) is 0 Å². The summed E-state index contributed by atoms with van der Waals surface area (Å²) in [5, 5.41) is 10.1. The van der Waals surface area contributed by atoms with Crippen LogP contribution in [0.2, 0.25) is 9.36 Å². The first-order valence-corrected chi connectivity index (χ1v) is 6.99. The number of nitrogens with zero attached hydrogens (tertiary/aromatic N) is 1. The van der Waals surface area contributed by atoms with Crippen LogP contribution in [-0.2, 0) is 17.1 Å². The zero-order valence-corrected chi connectivity index (χ0v) is 13.5. The predicted octanol–water partition coefficient (Wildman–Crippen LogP) is 5.25. The molecular weight excluding hydrogens is 357 g/mol. The van der Waals surface area contributed by atoms with Crippen LogP contribution >= 0.6 is 34.7 Å². The van der Waals surface area contributed by atoms with Crippen LogP contribution in [0, 0.1) is 0 Å².